The van der Waals surface area contributed by atoms with E-state index in [2.05, 4.69) is 15.6 Å². The minimum Gasteiger partial charge on any atom is -0.338 e. The summed E-state index contributed by atoms with van der Waals surface area (Å²) in [5.74, 6) is 0. The van der Waals surface area contributed by atoms with Crippen LogP contribution in [0.15, 0.2) is 59.8 Å². The Morgan fingerprint density at radius 1 is 1.12 bits per heavy atom. The zero-order valence-electron chi connectivity index (χ0n) is 13.5. The number of aromatic nitrogens is 1. The fraction of sp³-hybridized carbons (Fsp3) is 0.294. The van der Waals surface area contributed by atoms with Gasteiger partial charge in [0.05, 0.1) is 4.90 Å². The average molecular weight is 347 g/mol. The lowest BCUT2D eigenvalue weighted by atomic mass is 10.2. The Kier molecular flexibility index (Phi) is 6.31. The molecule has 2 rings (SSSR count). The number of hydrogen-bond donors (Lipinski definition) is 2. The lowest BCUT2D eigenvalue weighted by Crippen LogP contribution is -2.39. The van der Waals surface area contributed by atoms with E-state index in [1.165, 1.54) is 6.20 Å². The van der Waals surface area contributed by atoms with Crippen molar-refractivity contribution in [2.75, 3.05) is 13.1 Å². The van der Waals surface area contributed by atoms with Crippen LogP contribution in [-0.2, 0) is 9.84 Å². The number of rotatable bonds is 7. The smallest absolute Gasteiger partial charge is 0.314 e. The van der Waals surface area contributed by atoms with Crippen molar-refractivity contribution >= 4 is 15.9 Å². The number of carbonyl (C=O) groups excluding carboxylic acids is 1. The second-order valence-corrected chi connectivity index (χ2v) is 7.40. The number of carbonyl (C=O) groups is 1. The van der Waals surface area contributed by atoms with E-state index in [1.54, 1.807) is 48.7 Å². The molecule has 7 heteroatoms. The fourth-order valence-corrected chi connectivity index (χ4v) is 3.90. The molecule has 2 amide bonds. The SMILES string of the molecule is CCCNC(=O)NC[C@@H](c1cccnc1)S(=O)(=O)c1ccccc1. The van der Waals surface area contributed by atoms with Crippen molar-refractivity contribution in [2.24, 2.45) is 0 Å². The highest BCUT2D eigenvalue weighted by molar-refractivity contribution is 7.91. The minimum atomic E-state index is -3.65. The van der Waals surface area contributed by atoms with Gasteiger partial charge in [0.1, 0.15) is 5.25 Å². The first-order chi connectivity index (χ1) is 11.6. The number of nitrogens with one attached hydrogen (secondary N) is 2. The third-order valence-corrected chi connectivity index (χ3v) is 5.60. The van der Waals surface area contributed by atoms with Gasteiger partial charge >= 0.3 is 6.03 Å². The molecule has 0 unspecified atom stereocenters. The zero-order chi connectivity index (χ0) is 17.4. The van der Waals surface area contributed by atoms with Crippen LogP contribution in [-0.4, -0.2) is 32.5 Å². The molecule has 128 valence electrons. The van der Waals surface area contributed by atoms with Gasteiger partial charge in [0.25, 0.3) is 0 Å². The minimum absolute atomic E-state index is 0.0293. The van der Waals surface area contributed by atoms with Gasteiger partial charge in [-0.05, 0) is 30.2 Å². The number of sulfone groups is 1. The number of amides is 2. The second-order valence-electron chi connectivity index (χ2n) is 5.27. The average Bonchev–Trinajstić information content (AvgIpc) is 2.61. The van der Waals surface area contributed by atoms with Gasteiger partial charge in [0.2, 0.25) is 0 Å². The second kappa shape index (κ2) is 8.44. The van der Waals surface area contributed by atoms with Gasteiger partial charge in [-0.2, -0.15) is 0 Å². The van der Waals surface area contributed by atoms with E-state index >= 15 is 0 Å². The summed E-state index contributed by atoms with van der Waals surface area (Å²) < 4.78 is 25.9. The summed E-state index contributed by atoms with van der Waals surface area (Å²) >= 11 is 0. The molecule has 1 heterocycles. The van der Waals surface area contributed by atoms with Gasteiger partial charge in [-0.1, -0.05) is 31.2 Å². The van der Waals surface area contributed by atoms with Gasteiger partial charge in [-0.3, -0.25) is 4.98 Å². The van der Waals surface area contributed by atoms with E-state index in [1.807, 2.05) is 6.92 Å². The van der Waals surface area contributed by atoms with Crippen LogP contribution in [0.2, 0.25) is 0 Å². The molecule has 2 N–H and O–H groups in total. The normalized spacial score (nSPS) is 12.4. The highest BCUT2D eigenvalue weighted by Gasteiger charge is 2.29. The maximum atomic E-state index is 13.0. The van der Waals surface area contributed by atoms with Gasteiger partial charge in [0, 0.05) is 25.5 Å². The highest BCUT2D eigenvalue weighted by atomic mass is 32.2. The Hall–Kier alpha value is -2.41. The number of pyridine rings is 1. The molecule has 6 nitrogen and oxygen atoms in total. The van der Waals surface area contributed by atoms with Crippen molar-refractivity contribution in [3.05, 3.63) is 60.4 Å². The maximum Gasteiger partial charge on any atom is 0.314 e. The zero-order valence-corrected chi connectivity index (χ0v) is 14.3. The molecule has 0 spiro atoms. The summed E-state index contributed by atoms with van der Waals surface area (Å²) in [7, 11) is -3.65. The standard InChI is InChI=1S/C17H21N3O3S/c1-2-10-19-17(21)20-13-16(14-7-6-11-18-12-14)24(22,23)15-8-4-3-5-9-15/h3-9,11-12,16H,2,10,13H2,1H3,(H2,19,20,21)/t16-/m0/s1. The van der Waals surface area contributed by atoms with Crippen LogP contribution in [0.5, 0.6) is 0 Å². The number of urea groups is 1. The molecule has 0 radical (unpaired) electrons. The van der Waals surface area contributed by atoms with Gasteiger partial charge in [-0.25, -0.2) is 13.2 Å². The van der Waals surface area contributed by atoms with Crippen LogP contribution < -0.4 is 10.6 Å². The molecule has 1 aromatic heterocycles. The van der Waals surface area contributed by atoms with Crippen LogP contribution in [0.4, 0.5) is 4.79 Å². The summed E-state index contributed by atoms with van der Waals surface area (Å²) in [6, 6.07) is 11.2. The van der Waals surface area contributed by atoms with E-state index in [-0.39, 0.29) is 17.5 Å². The van der Waals surface area contributed by atoms with Crippen LogP contribution in [0.1, 0.15) is 24.2 Å². The Morgan fingerprint density at radius 2 is 1.88 bits per heavy atom. The van der Waals surface area contributed by atoms with Gasteiger partial charge in [0.15, 0.2) is 9.84 Å². The molecule has 0 fully saturated rings. The molecular formula is C17H21N3O3S. The van der Waals surface area contributed by atoms with E-state index in [0.717, 1.165) is 6.42 Å². The Balaban J connectivity index is 2.26. The predicted molar refractivity (Wildman–Crippen MR) is 92.3 cm³/mol. The van der Waals surface area contributed by atoms with Crippen LogP contribution in [0.25, 0.3) is 0 Å². The number of hydrogen-bond acceptors (Lipinski definition) is 4. The Labute approximate surface area is 142 Å². The molecule has 0 saturated carbocycles. The maximum absolute atomic E-state index is 13.0. The van der Waals surface area contributed by atoms with Crippen LogP contribution >= 0.6 is 0 Å². The molecule has 1 aromatic carbocycles. The quantitative estimate of drug-likeness (QED) is 0.804. The van der Waals surface area contributed by atoms with Crippen molar-refractivity contribution in [2.45, 2.75) is 23.5 Å². The molecule has 0 aliphatic heterocycles. The summed E-state index contributed by atoms with van der Waals surface area (Å²) in [5, 5.41) is 4.40. The largest absolute Gasteiger partial charge is 0.338 e. The van der Waals surface area contributed by atoms with Crippen molar-refractivity contribution in [1.29, 1.82) is 0 Å². The molecule has 2 aromatic rings. The fourth-order valence-electron chi connectivity index (χ4n) is 2.23. The molecular weight excluding hydrogens is 326 g/mol. The number of nitrogens with zero attached hydrogens (tertiary/aromatic N) is 1. The predicted octanol–water partition coefficient (Wildman–Crippen LogP) is 2.31. The van der Waals surface area contributed by atoms with Gasteiger partial charge < -0.3 is 10.6 Å². The van der Waals surface area contributed by atoms with E-state index in [4.69, 9.17) is 0 Å². The molecule has 0 bridgehead atoms. The molecule has 0 saturated heterocycles. The number of benzene rings is 1. The van der Waals surface area contributed by atoms with Crippen molar-refractivity contribution < 1.29 is 13.2 Å². The van der Waals surface area contributed by atoms with Crippen molar-refractivity contribution in [1.82, 2.24) is 15.6 Å². The Morgan fingerprint density at radius 3 is 2.50 bits per heavy atom. The lowest BCUT2D eigenvalue weighted by molar-refractivity contribution is 0.241. The summed E-state index contributed by atoms with van der Waals surface area (Å²) in [6.45, 7) is 2.45. The topological polar surface area (TPSA) is 88.2 Å². The van der Waals surface area contributed by atoms with E-state index in [0.29, 0.717) is 12.1 Å². The van der Waals surface area contributed by atoms with Gasteiger partial charge in [-0.15, -0.1) is 0 Å². The van der Waals surface area contributed by atoms with Crippen LogP contribution in [0.3, 0.4) is 0 Å². The molecule has 24 heavy (non-hydrogen) atoms. The lowest BCUT2D eigenvalue weighted by Gasteiger charge is -2.19. The third kappa shape index (κ3) is 4.55. The third-order valence-electron chi connectivity index (χ3n) is 3.49. The first-order valence-electron chi connectivity index (χ1n) is 7.76. The van der Waals surface area contributed by atoms with E-state index in [9.17, 15) is 13.2 Å². The summed E-state index contributed by atoms with van der Waals surface area (Å²) in [5.41, 5.74) is 0.539. The van der Waals surface area contributed by atoms with Crippen molar-refractivity contribution in [3.63, 3.8) is 0 Å². The first kappa shape index (κ1) is 17.9. The molecule has 0 aliphatic carbocycles. The summed E-state index contributed by atoms with van der Waals surface area (Å²) in [6.07, 6.45) is 3.90. The molecule has 1 atom stereocenters. The first-order valence-corrected chi connectivity index (χ1v) is 9.31. The Bertz CT molecular complexity index is 749. The van der Waals surface area contributed by atoms with Crippen molar-refractivity contribution in [3.8, 4) is 0 Å². The van der Waals surface area contributed by atoms with Crippen LogP contribution in [0, 0.1) is 0 Å². The molecule has 0 aliphatic rings. The highest BCUT2D eigenvalue weighted by Crippen LogP contribution is 2.27. The monoisotopic (exact) mass is 347 g/mol. The summed E-state index contributed by atoms with van der Waals surface area (Å²) in [4.78, 5) is 16.0. The van der Waals surface area contributed by atoms with E-state index < -0.39 is 15.1 Å².